The molecule has 3 nitrogen and oxygen atoms in total. The van der Waals surface area contributed by atoms with Gasteiger partial charge in [0.2, 0.25) is 0 Å². The molecule has 1 unspecified atom stereocenters. The second-order valence-electron chi connectivity index (χ2n) is 6.31. The minimum atomic E-state index is -0.687. The number of hydrogen-bond donors (Lipinski definition) is 1. The molecule has 0 aliphatic heterocycles. The molecule has 3 rings (SSSR count). The standard InChI is InChI=1S/C21H20FN3/c22-20-7-5-19(6-8-20)21(16-23,13-18-4-2-11-24-15-18)10-1-3-17-9-12-25-14-17/h2,4-9,11-12,14-15,25H,1,3,10,13H2. The Balaban J connectivity index is 1.85. The van der Waals surface area contributed by atoms with Gasteiger partial charge in [0.25, 0.3) is 0 Å². The fraction of sp³-hybridized carbons (Fsp3) is 0.238. The van der Waals surface area contributed by atoms with Crippen molar-refractivity contribution >= 4 is 0 Å². The van der Waals surface area contributed by atoms with Gasteiger partial charge in [0, 0.05) is 24.8 Å². The summed E-state index contributed by atoms with van der Waals surface area (Å²) in [5.41, 5.74) is 2.41. The number of rotatable bonds is 7. The summed E-state index contributed by atoms with van der Waals surface area (Å²) in [7, 11) is 0. The topological polar surface area (TPSA) is 52.5 Å². The van der Waals surface area contributed by atoms with Gasteiger partial charge in [-0.3, -0.25) is 4.98 Å². The van der Waals surface area contributed by atoms with E-state index in [4.69, 9.17) is 0 Å². The lowest BCUT2D eigenvalue weighted by atomic mass is 9.73. The van der Waals surface area contributed by atoms with Gasteiger partial charge >= 0.3 is 0 Å². The molecule has 0 radical (unpaired) electrons. The molecule has 0 fully saturated rings. The lowest BCUT2D eigenvalue weighted by molar-refractivity contribution is 0.478. The van der Waals surface area contributed by atoms with Gasteiger partial charge < -0.3 is 4.98 Å². The maximum atomic E-state index is 13.3. The smallest absolute Gasteiger partial charge is 0.123 e. The molecular weight excluding hydrogens is 313 g/mol. The number of halogens is 1. The molecule has 0 aliphatic carbocycles. The highest BCUT2D eigenvalue weighted by atomic mass is 19.1. The molecule has 0 amide bonds. The summed E-state index contributed by atoms with van der Waals surface area (Å²) in [5, 5.41) is 10.0. The fourth-order valence-corrected chi connectivity index (χ4v) is 3.22. The summed E-state index contributed by atoms with van der Waals surface area (Å²) < 4.78 is 13.3. The summed E-state index contributed by atoms with van der Waals surface area (Å²) in [6.45, 7) is 0. The van der Waals surface area contributed by atoms with Gasteiger partial charge in [-0.1, -0.05) is 18.2 Å². The third kappa shape index (κ3) is 4.13. The highest BCUT2D eigenvalue weighted by Gasteiger charge is 2.32. The number of nitrogens with zero attached hydrogens (tertiary/aromatic N) is 2. The van der Waals surface area contributed by atoms with E-state index >= 15 is 0 Å². The van der Waals surface area contributed by atoms with E-state index in [1.165, 1.54) is 17.7 Å². The number of hydrogen-bond acceptors (Lipinski definition) is 2. The van der Waals surface area contributed by atoms with Crippen LogP contribution in [0.2, 0.25) is 0 Å². The molecule has 0 saturated carbocycles. The van der Waals surface area contributed by atoms with E-state index in [1.807, 2.05) is 30.6 Å². The first kappa shape index (κ1) is 16.9. The summed E-state index contributed by atoms with van der Waals surface area (Å²) in [6, 6.07) is 14.7. The predicted molar refractivity (Wildman–Crippen MR) is 95.4 cm³/mol. The largest absolute Gasteiger partial charge is 0.367 e. The van der Waals surface area contributed by atoms with Crippen molar-refractivity contribution in [2.75, 3.05) is 0 Å². The Bertz CT molecular complexity index is 820. The summed E-state index contributed by atoms with van der Waals surface area (Å²) in [4.78, 5) is 7.21. The van der Waals surface area contributed by atoms with Gasteiger partial charge in [0.15, 0.2) is 0 Å². The average molecular weight is 333 g/mol. The Morgan fingerprint density at radius 2 is 1.96 bits per heavy atom. The predicted octanol–water partition coefficient (Wildman–Crippen LogP) is 4.58. The van der Waals surface area contributed by atoms with E-state index in [0.717, 1.165) is 24.0 Å². The van der Waals surface area contributed by atoms with Crippen molar-refractivity contribution in [3.63, 3.8) is 0 Å². The number of H-pyrrole nitrogens is 1. The first-order chi connectivity index (χ1) is 12.2. The van der Waals surface area contributed by atoms with Crippen LogP contribution >= 0.6 is 0 Å². The molecule has 2 aromatic heterocycles. The Morgan fingerprint density at radius 3 is 2.60 bits per heavy atom. The second-order valence-corrected chi connectivity index (χ2v) is 6.31. The quantitative estimate of drug-likeness (QED) is 0.688. The van der Waals surface area contributed by atoms with E-state index in [1.54, 1.807) is 24.5 Å². The number of aromatic nitrogens is 2. The number of pyridine rings is 1. The molecule has 2 heterocycles. The van der Waals surface area contributed by atoms with Crippen molar-refractivity contribution in [3.05, 3.63) is 89.8 Å². The number of aromatic amines is 1. The van der Waals surface area contributed by atoms with Crippen LogP contribution in [0.4, 0.5) is 4.39 Å². The first-order valence-electron chi connectivity index (χ1n) is 8.40. The molecule has 0 spiro atoms. The van der Waals surface area contributed by atoms with Gasteiger partial charge in [0.1, 0.15) is 5.82 Å². The lowest BCUT2D eigenvalue weighted by Crippen LogP contribution is -2.27. The summed E-state index contributed by atoms with van der Waals surface area (Å²) in [5.74, 6) is -0.288. The Hall–Kier alpha value is -2.93. The Labute approximate surface area is 147 Å². The highest BCUT2D eigenvalue weighted by molar-refractivity contribution is 5.35. The van der Waals surface area contributed by atoms with Crippen LogP contribution in [-0.2, 0) is 18.3 Å². The minimum absolute atomic E-state index is 0.288. The van der Waals surface area contributed by atoms with E-state index < -0.39 is 5.41 Å². The molecular formula is C21H20FN3. The van der Waals surface area contributed by atoms with Crippen LogP contribution in [0.5, 0.6) is 0 Å². The highest BCUT2D eigenvalue weighted by Crippen LogP contribution is 2.33. The lowest BCUT2D eigenvalue weighted by Gasteiger charge is -2.27. The minimum Gasteiger partial charge on any atom is -0.367 e. The van der Waals surface area contributed by atoms with Crippen LogP contribution in [0.3, 0.4) is 0 Å². The fourth-order valence-electron chi connectivity index (χ4n) is 3.22. The Kier molecular flexibility index (Phi) is 5.25. The van der Waals surface area contributed by atoms with Crippen LogP contribution < -0.4 is 0 Å². The van der Waals surface area contributed by atoms with E-state index in [9.17, 15) is 9.65 Å². The van der Waals surface area contributed by atoms with Gasteiger partial charge in [0.05, 0.1) is 11.5 Å². The molecule has 0 saturated heterocycles. The molecule has 1 atom stereocenters. The normalized spacial score (nSPS) is 13.1. The van der Waals surface area contributed by atoms with E-state index in [-0.39, 0.29) is 5.82 Å². The van der Waals surface area contributed by atoms with Gasteiger partial charge in [-0.25, -0.2) is 4.39 Å². The third-order valence-electron chi connectivity index (χ3n) is 4.57. The first-order valence-corrected chi connectivity index (χ1v) is 8.40. The van der Waals surface area contributed by atoms with Crippen LogP contribution in [0.15, 0.2) is 67.3 Å². The van der Waals surface area contributed by atoms with Gasteiger partial charge in [-0.2, -0.15) is 5.26 Å². The van der Waals surface area contributed by atoms with Crippen LogP contribution in [0.25, 0.3) is 0 Å². The second kappa shape index (κ2) is 7.76. The molecule has 25 heavy (non-hydrogen) atoms. The van der Waals surface area contributed by atoms with Crippen LogP contribution in [0.1, 0.15) is 29.5 Å². The number of aryl methyl sites for hydroxylation is 1. The number of nitriles is 1. The SMILES string of the molecule is N#CC(CCCc1cc[nH]c1)(Cc1cccnc1)c1ccc(F)cc1. The average Bonchev–Trinajstić information content (AvgIpc) is 3.16. The van der Waals surface area contributed by atoms with Crippen LogP contribution in [0, 0.1) is 17.1 Å². The molecule has 0 bridgehead atoms. The summed E-state index contributed by atoms with van der Waals surface area (Å²) >= 11 is 0. The van der Waals surface area contributed by atoms with Crippen LogP contribution in [-0.4, -0.2) is 9.97 Å². The molecule has 0 aliphatic rings. The maximum Gasteiger partial charge on any atom is 0.123 e. The zero-order valence-electron chi connectivity index (χ0n) is 14.0. The van der Waals surface area contributed by atoms with Crippen molar-refractivity contribution in [1.82, 2.24) is 9.97 Å². The monoisotopic (exact) mass is 333 g/mol. The Morgan fingerprint density at radius 1 is 1.12 bits per heavy atom. The molecule has 126 valence electrons. The number of benzene rings is 1. The zero-order chi connectivity index (χ0) is 17.5. The van der Waals surface area contributed by atoms with Crippen molar-refractivity contribution in [2.45, 2.75) is 31.1 Å². The van der Waals surface area contributed by atoms with E-state index in [0.29, 0.717) is 12.8 Å². The van der Waals surface area contributed by atoms with Gasteiger partial charge in [-0.15, -0.1) is 0 Å². The molecule has 1 N–H and O–H groups in total. The molecule has 1 aromatic carbocycles. The maximum absolute atomic E-state index is 13.3. The number of nitrogens with one attached hydrogen (secondary N) is 1. The van der Waals surface area contributed by atoms with Crippen molar-refractivity contribution < 1.29 is 4.39 Å². The van der Waals surface area contributed by atoms with Crippen molar-refractivity contribution in [1.29, 1.82) is 5.26 Å². The zero-order valence-corrected chi connectivity index (χ0v) is 14.0. The molecule has 4 heteroatoms. The third-order valence-corrected chi connectivity index (χ3v) is 4.57. The van der Waals surface area contributed by atoms with E-state index in [2.05, 4.69) is 16.0 Å². The molecule has 3 aromatic rings. The van der Waals surface area contributed by atoms with Crippen molar-refractivity contribution in [3.8, 4) is 6.07 Å². The summed E-state index contributed by atoms with van der Waals surface area (Å²) in [6.07, 6.45) is 10.5. The van der Waals surface area contributed by atoms with Gasteiger partial charge in [-0.05, 0) is 66.6 Å². The van der Waals surface area contributed by atoms with Crippen molar-refractivity contribution in [2.24, 2.45) is 0 Å².